The SMILES string of the molecule is O=C(CCC1CCCC1)N1CCN(C(=O)c2ccc(Cl)c(I)c2)CC1. The van der Waals surface area contributed by atoms with Gasteiger partial charge in [0, 0.05) is 41.7 Å². The second kappa shape index (κ2) is 8.71. The summed E-state index contributed by atoms with van der Waals surface area (Å²) in [5, 5.41) is 0.662. The Morgan fingerprint density at radius 1 is 1.08 bits per heavy atom. The molecule has 1 heterocycles. The average molecular weight is 475 g/mol. The van der Waals surface area contributed by atoms with Crippen molar-refractivity contribution in [2.24, 2.45) is 5.92 Å². The lowest BCUT2D eigenvalue weighted by Crippen LogP contribution is -2.50. The first-order valence-corrected chi connectivity index (χ1v) is 10.5. The molecule has 0 atom stereocenters. The largest absolute Gasteiger partial charge is 0.339 e. The molecule has 0 N–H and O–H groups in total. The van der Waals surface area contributed by atoms with Crippen molar-refractivity contribution in [3.63, 3.8) is 0 Å². The number of hydrogen-bond donors (Lipinski definition) is 0. The fourth-order valence-electron chi connectivity index (χ4n) is 3.76. The lowest BCUT2D eigenvalue weighted by molar-refractivity contribution is -0.133. The molecule has 4 nitrogen and oxygen atoms in total. The van der Waals surface area contributed by atoms with Crippen molar-refractivity contribution in [1.82, 2.24) is 9.80 Å². The van der Waals surface area contributed by atoms with Gasteiger partial charge in [0.1, 0.15) is 0 Å². The van der Waals surface area contributed by atoms with Crippen molar-refractivity contribution in [2.75, 3.05) is 26.2 Å². The third-order valence-corrected chi connectivity index (χ3v) is 6.87. The fourth-order valence-corrected chi connectivity index (χ4v) is 4.39. The zero-order chi connectivity index (χ0) is 17.8. The summed E-state index contributed by atoms with van der Waals surface area (Å²) >= 11 is 8.16. The van der Waals surface area contributed by atoms with Crippen LogP contribution in [-0.4, -0.2) is 47.8 Å². The van der Waals surface area contributed by atoms with Crippen molar-refractivity contribution in [3.8, 4) is 0 Å². The van der Waals surface area contributed by atoms with E-state index in [0.29, 0.717) is 43.2 Å². The van der Waals surface area contributed by atoms with E-state index in [-0.39, 0.29) is 11.8 Å². The summed E-state index contributed by atoms with van der Waals surface area (Å²) in [5.41, 5.74) is 0.662. The highest BCUT2D eigenvalue weighted by molar-refractivity contribution is 14.1. The van der Waals surface area contributed by atoms with E-state index in [1.54, 1.807) is 12.1 Å². The number of hydrogen-bond acceptors (Lipinski definition) is 2. The molecule has 3 rings (SSSR count). The summed E-state index contributed by atoms with van der Waals surface area (Å²) in [5.74, 6) is 1.02. The molecule has 1 saturated carbocycles. The van der Waals surface area contributed by atoms with Gasteiger partial charge in [-0.05, 0) is 53.1 Å². The van der Waals surface area contributed by atoms with E-state index in [1.165, 1.54) is 25.7 Å². The van der Waals surface area contributed by atoms with Crippen LogP contribution >= 0.6 is 34.2 Å². The van der Waals surface area contributed by atoms with Gasteiger partial charge in [-0.3, -0.25) is 9.59 Å². The number of rotatable bonds is 4. The molecule has 2 aliphatic rings. The minimum Gasteiger partial charge on any atom is -0.339 e. The molecule has 2 fully saturated rings. The van der Waals surface area contributed by atoms with Gasteiger partial charge in [-0.25, -0.2) is 0 Å². The molecule has 25 heavy (non-hydrogen) atoms. The van der Waals surface area contributed by atoms with E-state index < -0.39 is 0 Å². The maximum Gasteiger partial charge on any atom is 0.254 e. The van der Waals surface area contributed by atoms with Crippen molar-refractivity contribution >= 4 is 46.0 Å². The molecule has 2 amide bonds. The first kappa shape index (κ1) is 19.0. The van der Waals surface area contributed by atoms with Gasteiger partial charge in [-0.15, -0.1) is 0 Å². The summed E-state index contributed by atoms with van der Waals surface area (Å²) < 4.78 is 0.880. The summed E-state index contributed by atoms with van der Waals surface area (Å²) in [6.07, 6.45) is 6.91. The van der Waals surface area contributed by atoms with E-state index in [4.69, 9.17) is 11.6 Å². The molecule has 1 aromatic carbocycles. The fraction of sp³-hybridized carbons (Fsp3) is 0.579. The van der Waals surface area contributed by atoms with Gasteiger partial charge in [-0.2, -0.15) is 0 Å². The van der Waals surface area contributed by atoms with E-state index >= 15 is 0 Å². The molecule has 1 aliphatic carbocycles. The smallest absolute Gasteiger partial charge is 0.254 e. The van der Waals surface area contributed by atoms with Crippen molar-refractivity contribution < 1.29 is 9.59 Å². The number of benzene rings is 1. The van der Waals surface area contributed by atoms with Crippen molar-refractivity contribution in [3.05, 3.63) is 32.4 Å². The molecular weight excluding hydrogens is 451 g/mol. The van der Waals surface area contributed by atoms with Gasteiger partial charge in [0.05, 0.1) is 5.02 Å². The van der Waals surface area contributed by atoms with Crippen molar-refractivity contribution in [2.45, 2.75) is 38.5 Å². The minimum atomic E-state index is 0.0210. The first-order valence-electron chi connectivity index (χ1n) is 9.06. The van der Waals surface area contributed by atoms with E-state index in [9.17, 15) is 9.59 Å². The monoisotopic (exact) mass is 474 g/mol. The molecule has 0 radical (unpaired) electrons. The summed E-state index contributed by atoms with van der Waals surface area (Å²) in [6.45, 7) is 2.49. The van der Waals surface area contributed by atoms with Crippen LogP contribution in [0.15, 0.2) is 18.2 Å². The highest BCUT2D eigenvalue weighted by Crippen LogP contribution is 2.28. The van der Waals surface area contributed by atoms with Crippen LogP contribution < -0.4 is 0 Å². The Hall–Kier alpha value is -0.820. The maximum absolute atomic E-state index is 12.6. The predicted molar refractivity (Wildman–Crippen MR) is 108 cm³/mol. The topological polar surface area (TPSA) is 40.6 Å². The standard InChI is InChI=1S/C19H24ClIN2O2/c20-16-7-6-15(13-17(16)21)19(25)23-11-9-22(10-12-23)18(24)8-5-14-3-1-2-4-14/h6-7,13-14H,1-5,8-12H2. The maximum atomic E-state index is 12.6. The highest BCUT2D eigenvalue weighted by Gasteiger charge is 2.25. The molecule has 1 saturated heterocycles. The lowest BCUT2D eigenvalue weighted by Gasteiger charge is -2.35. The number of carbonyl (C=O) groups excluding carboxylic acids is 2. The normalized spacial score (nSPS) is 18.6. The first-order chi connectivity index (χ1) is 12.0. The van der Waals surface area contributed by atoms with Crippen LogP contribution in [-0.2, 0) is 4.79 Å². The minimum absolute atomic E-state index is 0.0210. The Morgan fingerprint density at radius 3 is 2.36 bits per heavy atom. The quantitative estimate of drug-likeness (QED) is 0.614. The summed E-state index contributed by atoms with van der Waals surface area (Å²) in [6, 6.07) is 5.36. The van der Waals surface area contributed by atoms with Crippen LogP contribution in [0.2, 0.25) is 5.02 Å². The molecule has 1 aliphatic heterocycles. The second-order valence-electron chi connectivity index (χ2n) is 6.99. The van der Waals surface area contributed by atoms with Crippen molar-refractivity contribution in [1.29, 1.82) is 0 Å². The molecule has 0 unspecified atom stereocenters. The molecule has 0 aromatic heterocycles. The van der Waals surface area contributed by atoms with Gasteiger partial charge >= 0.3 is 0 Å². The Kier molecular flexibility index (Phi) is 6.61. The molecule has 136 valence electrons. The summed E-state index contributed by atoms with van der Waals surface area (Å²) in [7, 11) is 0. The summed E-state index contributed by atoms with van der Waals surface area (Å²) in [4.78, 5) is 28.8. The Morgan fingerprint density at radius 2 is 1.72 bits per heavy atom. The number of amides is 2. The van der Waals surface area contributed by atoms with E-state index in [0.717, 1.165) is 15.9 Å². The second-order valence-corrected chi connectivity index (χ2v) is 8.56. The van der Waals surface area contributed by atoms with E-state index in [2.05, 4.69) is 22.6 Å². The average Bonchev–Trinajstić information content (AvgIpc) is 3.15. The van der Waals surface area contributed by atoms with Gasteiger partial charge in [0.2, 0.25) is 5.91 Å². The Balaban J connectivity index is 1.48. The number of carbonyl (C=O) groups is 2. The molecule has 0 bridgehead atoms. The molecular formula is C19H24ClIN2O2. The highest BCUT2D eigenvalue weighted by atomic mass is 127. The molecule has 6 heteroatoms. The Labute approximate surface area is 168 Å². The molecule has 0 spiro atoms. The zero-order valence-electron chi connectivity index (χ0n) is 14.3. The Bertz CT molecular complexity index is 638. The number of piperazine rings is 1. The van der Waals surface area contributed by atoms with Crippen LogP contribution in [0.4, 0.5) is 0 Å². The van der Waals surface area contributed by atoms with E-state index in [1.807, 2.05) is 15.9 Å². The predicted octanol–water partition coefficient (Wildman–Crippen LogP) is 4.20. The van der Waals surface area contributed by atoms with Crippen LogP contribution in [0.5, 0.6) is 0 Å². The van der Waals surface area contributed by atoms with Crippen LogP contribution in [0.1, 0.15) is 48.9 Å². The third-order valence-electron chi connectivity index (χ3n) is 5.33. The third kappa shape index (κ3) is 4.88. The van der Waals surface area contributed by atoms with Gasteiger partial charge in [0.25, 0.3) is 5.91 Å². The van der Waals surface area contributed by atoms with Crippen LogP contribution in [0.25, 0.3) is 0 Å². The number of halogens is 2. The van der Waals surface area contributed by atoms with Crippen LogP contribution in [0, 0.1) is 9.49 Å². The zero-order valence-corrected chi connectivity index (χ0v) is 17.3. The lowest BCUT2D eigenvalue weighted by atomic mass is 10.0. The van der Waals surface area contributed by atoms with Gasteiger partial charge < -0.3 is 9.80 Å². The van der Waals surface area contributed by atoms with Gasteiger partial charge in [-0.1, -0.05) is 37.3 Å². The van der Waals surface area contributed by atoms with Crippen LogP contribution in [0.3, 0.4) is 0 Å². The molecule has 1 aromatic rings. The number of nitrogens with zero attached hydrogens (tertiary/aromatic N) is 2. The van der Waals surface area contributed by atoms with Gasteiger partial charge in [0.15, 0.2) is 0 Å².